The van der Waals surface area contributed by atoms with Gasteiger partial charge in [-0.1, -0.05) is 45.0 Å². The van der Waals surface area contributed by atoms with E-state index < -0.39 is 10.9 Å². The zero-order valence-electron chi connectivity index (χ0n) is 21.2. The molecule has 1 aliphatic rings. The van der Waals surface area contributed by atoms with E-state index >= 15 is 0 Å². The van der Waals surface area contributed by atoms with E-state index in [-0.39, 0.29) is 34.4 Å². The number of nitro benzene ring substituents is 1. The van der Waals surface area contributed by atoms with Gasteiger partial charge < -0.3 is 4.74 Å². The van der Waals surface area contributed by atoms with E-state index in [2.05, 4.69) is 55.6 Å². The number of nitrogens with one attached hydrogen (secondary N) is 1. The number of rotatable bonds is 7. The van der Waals surface area contributed by atoms with Crippen molar-refractivity contribution in [3.63, 3.8) is 0 Å². The number of carbonyl (C=O) groups is 2. The third-order valence-electron chi connectivity index (χ3n) is 6.44. The zero-order chi connectivity index (χ0) is 26.7. The Morgan fingerprint density at radius 2 is 1.73 bits per heavy atom. The number of nitrogens with zero attached hydrogens (tertiary/aromatic N) is 2. The molecule has 1 fully saturated rings. The summed E-state index contributed by atoms with van der Waals surface area (Å²) in [6.45, 7) is 8.10. The number of aryl methyl sites for hydroxylation is 1. The van der Waals surface area contributed by atoms with Crippen LogP contribution in [-0.2, 0) is 10.2 Å². The molecule has 4 rings (SSSR count). The monoisotopic (exact) mass is 499 g/mol. The maximum atomic E-state index is 12.5. The van der Waals surface area contributed by atoms with Gasteiger partial charge in [-0.3, -0.25) is 14.9 Å². The van der Waals surface area contributed by atoms with Gasteiger partial charge in [0.05, 0.1) is 16.7 Å². The molecule has 0 saturated heterocycles. The van der Waals surface area contributed by atoms with Crippen molar-refractivity contribution in [2.45, 2.75) is 45.4 Å². The van der Waals surface area contributed by atoms with Crippen molar-refractivity contribution in [2.24, 2.45) is 11.0 Å². The van der Waals surface area contributed by atoms with Crippen LogP contribution in [0.1, 0.15) is 65.7 Å². The van der Waals surface area contributed by atoms with Crippen molar-refractivity contribution < 1.29 is 19.2 Å². The van der Waals surface area contributed by atoms with Crippen molar-refractivity contribution in [3.8, 4) is 5.75 Å². The van der Waals surface area contributed by atoms with Gasteiger partial charge in [0.2, 0.25) is 5.91 Å². The lowest BCUT2D eigenvalue weighted by molar-refractivity contribution is -0.385. The van der Waals surface area contributed by atoms with Gasteiger partial charge in [-0.05, 0) is 77.8 Å². The fourth-order valence-electron chi connectivity index (χ4n) is 4.11. The van der Waals surface area contributed by atoms with Crippen molar-refractivity contribution >= 4 is 23.8 Å². The second-order valence-electron chi connectivity index (χ2n) is 10.3. The highest BCUT2D eigenvalue weighted by atomic mass is 16.6. The molecule has 0 aliphatic heterocycles. The molecule has 37 heavy (non-hydrogen) atoms. The first kappa shape index (κ1) is 25.8. The normalized spacial score (nSPS) is 16.9. The zero-order valence-corrected chi connectivity index (χ0v) is 21.2. The van der Waals surface area contributed by atoms with Crippen LogP contribution in [0.25, 0.3) is 0 Å². The molecule has 8 nitrogen and oxygen atoms in total. The molecule has 3 aromatic carbocycles. The molecule has 0 radical (unpaired) electrons. The topological polar surface area (TPSA) is 111 Å². The molecule has 0 aromatic heterocycles. The van der Waals surface area contributed by atoms with Crippen LogP contribution in [0, 0.1) is 23.0 Å². The highest BCUT2D eigenvalue weighted by Gasteiger charge is 2.44. The number of hydrogen-bond acceptors (Lipinski definition) is 6. The van der Waals surface area contributed by atoms with E-state index in [4.69, 9.17) is 4.74 Å². The van der Waals surface area contributed by atoms with E-state index in [1.807, 2.05) is 0 Å². The van der Waals surface area contributed by atoms with Crippen molar-refractivity contribution in [1.29, 1.82) is 0 Å². The molecular formula is C29H29N3O5. The van der Waals surface area contributed by atoms with E-state index in [1.165, 1.54) is 35.5 Å². The molecule has 1 saturated carbocycles. The van der Waals surface area contributed by atoms with Gasteiger partial charge in [0.25, 0.3) is 5.69 Å². The van der Waals surface area contributed by atoms with Gasteiger partial charge in [0.1, 0.15) is 5.75 Å². The number of hydrogen-bond donors (Lipinski definition) is 1. The SMILES string of the molecule is Cc1cc(C(=O)Oc2ccc(C=NNC(=O)C3CC3c3ccc(C(C)(C)C)cc3)cc2)ccc1[N+](=O)[O-]. The smallest absolute Gasteiger partial charge is 0.343 e. The molecule has 0 bridgehead atoms. The molecule has 190 valence electrons. The van der Waals surface area contributed by atoms with Crippen molar-refractivity contribution in [3.05, 3.63) is 105 Å². The molecule has 0 spiro atoms. The Labute approximate surface area is 215 Å². The summed E-state index contributed by atoms with van der Waals surface area (Å²) in [6, 6.07) is 19.2. The summed E-state index contributed by atoms with van der Waals surface area (Å²) < 4.78 is 5.35. The summed E-state index contributed by atoms with van der Waals surface area (Å²) >= 11 is 0. The average molecular weight is 500 g/mol. The number of esters is 1. The van der Waals surface area contributed by atoms with Crippen molar-refractivity contribution in [1.82, 2.24) is 5.43 Å². The maximum absolute atomic E-state index is 12.5. The third kappa shape index (κ3) is 6.27. The first-order valence-corrected chi connectivity index (χ1v) is 12.0. The Morgan fingerprint density at radius 3 is 2.32 bits per heavy atom. The summed E-state index contributed by atoms with van der Waals surface area (Å²) in [6.07, 6.45) is 2.34. The van der Waals surface area contributed by atoms with Gasteiger partial charge in [-0.25, -0.2) is 10.2 Å². The van der Waals surface area contributed by atoms with E-state index in [0.717, 1.165) is 12.0 Å². The standard InChI is InChI=1S/C29H29N3O5/c1-18-15-21(9-14-26(18)32(35)36)28(34)37-23-12-5-19(6-13-23)17-30-31-27(33)25-16-24(25)20-7-10-22(11-8-20)29(2,3)4/h5-15,17,24-25H,16H2,1-4H3,(H,31,33). The average Bonchev–Trinajstić information content (AvgIpc) is 3.65. The predicted molar refractivity (Wildman–Crippen MR) is 141 cm³/mol. The number of hydrazone groups is 1. The molecular weight excluding hydrogens is 470 g/mol. The van der Waals surface area contributed by atoms with Gasteiger partial charge in [0.15, 0.2) is 0 Å². The fourth-order valence-corrected chi connectivity index (χ4v) is 4.11. The van der Waals surface area contributed by atoms with Crippen LogP contribution in [0.15, 0.2) is 71.8 Å². The van der Waals surface area contributed by atoms with Gasteiger partial charge >= 0.3 is 5.97 Å². The lowest BCUT2D eigenvalue weighted by Gasteiger charge is -2.19. The van der Waals surface area contributed by atoms with E-state index in [0.29, 0.717) is 11.3 Å². The highest BCUT2D eigenvalue weighted by molar-refractivity contribution is 5.92. The summed E-state index contributed by atoms with van der Waals surface area (Å²) in [5.41, 5.74) is 6.41. The van der Waals surface area contributed by atoms with Gasteiger partial charge in [-0.15, -0.1) is 0 Å². The van der Waals surface area contributed by atoms with Gasteiger partial charge in [-0.2, -0.15) is 5.10 Å². The minimum Gasteiger partial charge on any atom is -0.423 e. The highest BCUT2D eigenvalue weighted by Crippen LogP contribution is 2.47. The number of amides is 1. The van der Waals surface area contributed by atoms with Crippen LogP contribution in [0.2, 0.25) is 0 Å². The molecule has 3 aromatic rings. The van der Waals surface area contributed by atoms with Crippen LogP contribution >= 0.6 is 0 Å². The third-order valence-corrected chi connectivity index (χ3v) is 6.44. The first-order chi connectivity index (χ1) is 17.5. The fraction of sp³-hybridized carbons (Fsp3) is 0.276. The van der Waals surface area contributed by atoms with Crippen LogP contribution in [0.5, 0.6) is 5.75 Å². The van der Waals surface area contributed by atoms with E-state index in [1.54, 1.807) is 31.2 Å². The lowest BCUT2D eigenvalue weighted by Crippen LogP contribution is -2.20. The Bertz CT molecular complexity index is 1360. The quantitative estimate of drug-likeness (QED) is 0.148. The summed E-state index contributed by atoms with van der Waals surface area (Å²) in [5.74, 6) is -0.260. The number of nitro groups is 1. The molecule has 2 unspecified atom stereocenters. The molecule has 0 heterocycles. The summed E-state index contributed by atoms with van der Waals surface area (Å²) in [5, 5.41) is 15.0. The number of benzene rings is 3. The molecule has 8 heteroatoms. The Kier molecular flexibility index (Phi) is 7.20. The second kappa shape index (κ2) is 10.3. The van der Waals surface area contributed by atoms with Crippen molar-refractivity contribution in [2.75, 3.05) is 0 Å². The molecule has 2 atom stereocenters. The molecule has 1 aliphatic carbocycles. The van der Waals surface area contributed by atoms with Crippen LogP contribution in [0.4, 0.5) is 5.69 Å². The number of ether oxygens (including phenoxy) is 1. The summed E-state index contributed by atoms with van der Waals surface area (Å²) in [4.78, 5) is 35.3. The minimum absolute atomic E-state index is 0.0563. The minimum atomic E-state index is -0.612. The second-order valence-corrected chi connectivity index (χ2v) is 10.3. The predicted octanol–water partition coefficient (Wildman–Crippen LogP) is 5.67. The van der Waals surface area contributed by atoms with Crippen LogP contribution in [0.3, 0.4) is 0 Å². The Hall–Kier alpha value is -4.33. The molecule has 1 N–H and O–H groups in total. The Balaban J connectivity index is 1.27. The summed E-state index contributed by atoms with van der Waals surface area (Å²) in [7, 11) is 0. The van der Waals surface area contributed by atoms with E-state index in [9.17, 15) is 19.7 Å². The van der Waals surface area contributed by atoms with Gasteiger partial charge in [0, 0.05) is 17.5 Å². The Morgan fingerprint density at radius 1 is 1.05 bits per heavy atom. The maximum Gasteiger partial charge on any atom is 0.343 e. The largest absolute Gasteiger partial charge is 0.423 e. The molecule has 1 amide bonds. The van der Waals surface area contributed by atoms with Crippen LogP contribution in [-0.4, -0.2) is 23.0 Å². The van der Waals surface area contributed by atoms with Crippen LogP contribution < -0.4 is 10.2 Å². The number of carbonyl (C=O) groups excluding carboxylic acids is 2. The lowest BCUT2D eigenvalue weighted by atomic mass is 9.86. The first-order valence-electron chi connectivity index (χ1n) is 12.0.